The molecule has 1 fully saturated rings. The molecule has 0 aromatic heterocycles. The molecule has 0 bridgehead atoms. The van der Waals surface area contributed by atoms with Gasteiger partial charge in [-0.2, -0.15) is 0 Å². The average Bonchev–Trinajstić information content (AvgIpc) is 3.52. The Balaban J connectivity index is 2.21. The molecule has 1 unspecified atom stereocenters. The first-order valence-electron chi connectivity index (χ1n) is 16.3. The van der Waals surface area contributed by atoms with Crippen LogP contribution in [0.2, 0.25) is 0 Å². The number of esters is 1. The van der Waals surface area contributed by atoms with Crippen LogP contribution in [0.3, 0.4) is 0 Å². The normalized spacial score (nSPS) is 20.5. The zero-order valence-corrected chi connectivity index (χ0v) is 28.8. The molecule has 11 nitrogen and oxygen atoms in total. The first-order valence-corrected chi connectivity index (χ1v) is 16.3. The van der Waals surface area contributed by atoms with E-state index in [9.17, 15) is 19.5 Å². The van der Waals surface area contributed by atoms with E-state index in [1.807, 2.05) is 56.0 Å². The molecular weight excluding hydrogens is 576 g/mol. The van der Waals surface area contributed by atoms with E-state index in [4.69, 9.17) is 19.9 Å². The van der Waals surface area contributed by atoms with E-state index in [1.54, 1.807) is 26.2 Å². The minimum atomic E-state index is -1.10. The molecule has 1 aliphatic heterocycles. The highest BCUT2D eigenvalue weighted by atomic mass is 16.5. The summed E-state index contributed by atoms with van der Waals surface area (Å²) in [6.45, 7) is 10.3. The number of carbonyl (C=O) groups excluding carboxylic acids is 3. The number of ether oxygens (including phenoxy) is 3. The predicted molar refractivity (Wildman–Crippen MR) is 174 cm³/mol. The van der Waals surface area contributed by atoms with Crippen LogP contribution in [0, 0.1) is 17.8 Å². The summed E-state index contributed by atoms with van der Waals surface area (Å²) in [4.78, 5) is 43.3. The highest BCUT2D eigenvalue weighted by Crippen LogP contribution is 2.30. The third-order valence-corrected chi connectivity index (χ3v) is 9.51. The lowest BCUT2D eigenvalue weighted by molar-refractivity contribution is -0.147. The molecule has 1 aliphatic rings. The van der Waals surface area contributed by atoms with E-state index in [-0.39, 0.29) is 42.2 Å². The Bertz CT molecular complexity index is 1060. The van der Waals surface area contributed by atoms with Crippen molar-refractivity contribution in [1.29, 1.82) is 0 Å². The minimum absolute atomic E-state index is 0.0236. The molecule has 4 N–H and O–H groups in total. The summed E-state index contributed by atoms with van der Waals surface area (Å²) in [5.74, 6) is -1.17. The maximum absolute atomic E-state index is 13.9. The third-order valence-electron chi connectivity index (χ3n) is 9.51. The molecule has 0 saturated carbocycles. The largest absolute Gasteiger partial charge is 0.468 e. The molecule has 45 heavy (non-hydrogen) atoms. The Morgan fingerprint density at radius 1 is 1.09 bits per heavy atom. The molecule has 2 rings (SSSR count). The molecule has 1 aromatic carbocycles. The molecule has 9 atom stereocenters. The number of likely N-dealkylation sites (N-methyl/N-ethyl adjacent to an activating group) is 1. The molecular formula is C34H58N4O7. The van der Waals surface area contributed by atoms with Crippen LogP contribution in [-0.4, -0.2) is 110 Å². The van der Waals surface area contributed by atoms with Crippen LogP contribution in [0.4, 0.5) is 0 Å². The second-order valence-corrected chi connectivity index (χ2v) is 12.8. The van der Waals surface area contributed by atoms with Gasteiger partial charge in [-0.25, -0.2) is 0 Å². The summed E-state index contributed by atoms with van der Waals surface area (Å²) in [6.07, 6.45) is 0.581. The van der Waals surface area contributed by atoms with Crippen LogP contribution in [0.5, 0.6) is 0 Å². The molecule has 256 valence electrons. The summed E-state index contributed by atoms with van der Waals surface area (Å²) >= 11 is 0. The lowest BCUT2D eigenvalue weighted by atomic mass is 9.89. The lowest BCUT2D eigenvalue weighted by Crippen LogP contribution is -2.56. The van der Waals surface area contributed by atoms with Crippen LogP contribution in [0.15, 0.2) is 30.3 Å². The molecule has 11 heteroatoms. The van der Waals surface area contributed by atoms with Crippen LogP contribution in [0.1, 0.15) is 65.9 Å². The maximum atomic E-state index is 13.9. The summed E-state index contributed by atoms with van der Waals surface area (Å²) < 4.78 is 16.8. The van der Waals surface area contributed by atoms with Crippen molar-refractivity contribution in [3.05, 3.63) is 35.9 Å². The van der Waals surface area contributed by atoms with Gasteiger partial charge in [0.1, 0.15) is 12.3 Å². The quantitative estimate of drug-likeness (QED) is 0.164. The Hall–Kier alpha value is -2.57. The number of nitrogens with two attached hydrogens (primary N) is 1. The highest BCUT2D eigenvalue weighted by molar-refractivity contribution is 5.82. The summed E-state index contributed by atoms with van der Waals surface area (Å²) in [5.41, 5.74) is 7.15. The van der Waals surface area contributed by atoms with Gasteiger partial charge in [-0.1, -0.05) is 71.4 Å². The number of aliphatic hydroxyl groups excluding tert-OH is 1. The Morgan fingerprint density at radius 2 is 1.73 bits per heavy atom. The number of benzene rings is 1. The average molecular weight is 635 g/mol. The van der Waals surface area contributed by atoms with Crippen molar-refractivity contribution in [2.24, 2.45) is 23.5 Å². The third kappa shape index (κ3) is 10.2. The van der Waals surface area contributed by atoms with Gasteiger partial charge in [0.25, 0.3) is 0 Å². The van der Waals surface area contributed by atoms with Crippen LogP contribution in [0.25, 0.3) is 0 Å². The number of hydrogen-bond acceptors (Lipinski definition) is 9. The highest BCUT2D eigenvalue weighted by Gasteiger charge is 2.42. The zero-order valence-electron chi connectivity index (χ0n) is 28.8. The lowest BCUT2D eigenvalue weighted by Gasteiger charge is -2.40. The monoisotopic (exact) mass is 634 g/mol. The zero-order chi connectivity index (χ0) is 33.8. The molecule has 1 heterocycles. The topological polar surface area (TPSA) is 144 Å². The number of carbonyl (C=O) groups is 3. The van der Waals surface area contributed by atoms with E-state index in [1.165, 1.54) is 7.11 Å². The summed E-state index contributed by atoms with van der Waals surface area (Å²) in [7, 11) is 6.22. The fourth-order valence-corrected chi connectivity index (χ4v) is 6.44. The Labute approximate surface area is 270 Å². The fourth-order valence-electron chi connectivity index (χ4n) is 6.44. The van der Waals surface area contributed by atoms with E-state index >= 15 is 0 Å². The molecule has 1 saturated heterocycles. The second kappa shape index (κ2) is 18.5. The Kier molecular flexibility index (Phi) is 15.9. The first kappa shape index (κ1) is 38.6. The van der Waals surface area contributed by atoms with Gasteiger partial charge in [-0.15, -0.1) is 0 Å². The summed E-state index contributed by atoms with van der Waals surface area (Å²) in [5, 5.41) is 14.3. The number of rotatable bonds is 18. The molecule has 2 amide bonds. The smallest absolute Gasteiger partial charge is 0.323 e. The number of nitrogens with one attached hydrogen (secondary N) is 1. The van der Waals surface area contributed by atoms with Gasteiger partial charge in [-0.3, -0.25) is 19.7 Å². The maximum Gasteiger partial charge on any atom is 0.323 e. The van der Waals surface area contributed by atoms with Crippen molar-refractivity contribution in [2.45, 2.75) is 109 Å². The SMILES string of the molecule is CC[C@H](C)[C@@H]([C@@H](CC(=O)N1CCC[C@H]1[C@H](OC)[C@@H](C)C(O)N[C@@H](Cc1ccccc1)C(=O)OC)OC)N(C)C(=O)[C@@H](N)C(C)C. The number of methoxy groups -OCH3 is 3. The van der Waals surface area contributed by atoms with Crippen molar-refractivity contribution in [3.8, 4) is 0 Å². The van der Waals surface area contributed by atoms with Gasteiger partial charge in [0.15, 0.2) is 0 Å². The second-order valence-electron chi connectivity index (χ2n) is 12.8. The van der Waals surface area contributed by atoms with Gasteiger partial charge >= 0.3 is 5.97 Å². The number of likely N-dealkylation sites (tertiary alicyclic amines) is 1. The fraction of sp³-hybridized carbons (Fsp3) is 0.735. The van der Waals surface area contributed by atoms with Gasteiger partial charge in [0.05, 0.1) is 43.9 Å². The van der Waals surface area contributed by atoms with E-state index in [2.05, 4.69) is 19.2 Å². The molecule has 0 spiro atoms. The van der Waals surface area contributed by atoms with Gasteiger partial charge in [0, 0.05) is 33.7 Å². The molecule has 0 radical (unpaired) electrons. The number of hydrogen-bond donors (Lipinski definition) is 3. The van der Waals surface area contributed by atoms with Crippen molar-refractivity contribution < 1.29 is 33.7 Å². The van der Waals surface area contributed by atoms with Crippen molar-refractivity contribution >= 4 is 17.8 Å². The van der Waals surface area contributed by atoms with Crippen LogP contribution >= 0.6 is 0 Å². The minimum Gasteiger partial charge on any atom is -0.468 e. The van der Waals surface area contributed by atoms with Gasteiger partial charge in [0.2, 0.25) is 11.8 Å². The number of amides is 2. The van der Waals surface area contributed by atoms with Crippen molar-refractivity contribution in [1.82, 2.24) is 15.1 Å². The van der Waals surface area contributed by atoms with E-state index in [0.29, 0.717) is 19.4 Å². The standard InChI is InChI=1S/C34H58N4O7/c1-10-22(4)30(37(6)33(41)29(35)21(2)3)27(43-7)20-28(39)38-18-14-17-26(38)31(44-8)23(5)32(40)36-25(34(42)45-9)19-24-15-12-11-13-16-24/h11-13,15-16,21-23,25-27,29-32,36,40H,10,14,17-20,35H2,1-9H3/t22-,23+,25-,26-,27+,29-,30-,31+,32?/m0/s1. The van der Waals surface area contributed by atoms with E-state index < -0.39 is 42.4 Å². The van der Waals surface area contributed by atoms with Crippen LogP contribution < -0.4 is 11.1 Å². The number of nitrogens with zero attached hydrogens (tertiary/aromatic N) is 2. The van der Waals surface area contributed by atoms with Gasteiger partial charge in [-0.05, 0) is 36.7 Å². The molecule has 0 aliphatic carbocycles. The Morgan fingerprint density at radius 3 is 2.27 bits per heavy atom. The first-order chi connectivity index (χ1) is 21.3. The molecule has 1 aromatic rings. The van der Waals surface area contributed by atoms with E-state index in [0.717, 1.165) is 18.4 Å². The predicted octanol–water partition coefficient (Wildman–Crippen LogP) is 2.58. The number of aliphatic hydroxyl groups is 1. The summed E-state index contributed by atoms with van der Waals surface area (Å²) in [6, 6.07) is 7.48. The van der Waals surface area contributed by atoms with Crippen LogP contribution in [-0.2, 0) is 35.0 Å². The van der Waals surface area contributed by atoms with Crippen molar-refractivity contribution in [2.75, 3.05) is 34.9 Å². The van der Waals surface area contributed by atoms with Gasteiger partial charge < -0.3 is 34.9 Å². The van der Waals surface area contributed by atoms with Crippen molar-refractivity contribution in [3.63, 3.8) is 0 Å².